The van der Waals surface area contributed by atoms with Crippen LogP contribution in [0.1, 0.15) is 20.8 Å². The molecule has 0 radical (unpaired) electrons. The molecular weight excluding hydrogens is 582 g/mol. The van der Waals surface area contributed by atoms with E-state index in [0.29, 0.717) is 17.0 Å². The van der Waals surface area contributed by atoms with E-state index < -0.39 is 49.5 Å². The highest BCUT2D eigenvalue weighted by molar-refractivity contribution is 9.10. The Hall–Kier alpha value is -0.910. The molecule has 2 unspecified atom stereocenters. The zero-order valence-electron chi connectivity index (χ0n) is 17.2. The van der Waals surface area contributed by atoms with Gasteiger partial charge in [-0.25, -0.2) is 4.89 Å². The Bertz CT molecular complexity index is 960. The van der Waals surface area contributed by atoms with E-state index in [9.17, 15) is 27.3 Å². The van der Waals surface area contributed by atoms with Crippen LogP contribution >= 0.6 is 31.6 Å². The largest absolute Gasteiger partial charge is 0.756 e. The molecule has 190 valence electrons. The summed E-state index contributed by atoms with van der Waals surface area (Å²) >= 11 is 3.09. The van der Waals surface area contributed by atoms with Crippen LogP contribution in [-0.4, -0.2) is 27.2 Å². The van der Waals surface area contributed by atoms with Crippen molar-refractivity contribution in [2.45, 2.75) is 31.3 Å². The molecule has 15 nitrogen and oxygen atoms in total. The van der Waals surface area contributed by atoms with Crippen molar-refractivity contribution < 1.29 is 69.8 Å². The normalized spacial score (nSPS) is 16.3. The van der Waals surface area contributed by atoms with Gasteiger partial charge in [-0.15, -0.1) is 0 Å². The van der Waals surface area contributed by atoms with Crippen LogP contribution in [0.4, 0.5) is 0 Å². The summed E-state index contributed by atoms with van der Waals surface area (Å²) in [6.45, 7) is 3.64. The van der Waals surface area contributed by atoms with Gasteiger partial charge in [0.2, 0.25) is 0 Å². The van der Waals surface area contributed by atoms with E-state index in [4.69, 9.17) is 0 Å². The first-order chi connectivity index (χ1) is 15.1. The molecule has 0 aliphatic carbocycles. The first-order valence-corrected chi connectivity index (χ1v) is 13.6. The lowest BCUT2D eigenvalue weighted by Crippen LogP contribution is -2.23. The van der Waals surface area contributed by atoms with Gasteiger partial charge >= 0.3 is 17.9 Å². The number of halogens is 1. The highest BCUT2D eigenvalue weighted by Gasteiger charge is 2.24. The van der Waals surface area contributed by atoms with E-state index in [1.54, 1.807) is 0 Å². The Kier molecular flexibility index (Phi) is 12.1. The van der Waals surface area contributed by atoms with Gasteiger partial charge in [-0.3, -0.25) is 9.13 Å². The van der Waals surface area contributed by atoms with E-state index in [-0.39, 0.29) is 0 Å². The van der Waals surface area contributed by atoms with Gasteiger partial charge in [0.15, 0.2) is 6.26 Å². The Morgan fingerprint density at radius 3 is 2.21 bits per heavy atom. The summed E-state index contributed by atoms with van der Waals surface area (Å²) in [4.78, 5) is 31.0. The molecule has 0 bridgehead atoms. The van der Waals surface area contributed by atoms with Crippen LogP contribution in [0.3, 0.4) is 0 Å². The van der Waals surface area contributed by atoms with Crippen molar-refractivity contribution in [1.29, 1.82) is 0 Å². The Labute approximate surface area is 197 Å². The average Bonchev–Trinajstić information content (AvgIpc) is 2.63. The quantitative estimate of drug-likeness (QED) is 0.0931. The van der Waals surface area contributed by atoms with Crippen molar-refractivity contribution in [3.8, 4) is 0 Å². The minimum absolute atomic E-state index is 0.351. The van der Waals surface area contributed by atoms with Crippen molar-refractivity contribution >= 4 is 41.7 Å². The van der Waals surface area contributed by atoms with Crippen molar-refractivity contribution in [2.75, 3.05) is 13.2 Å². The standard InChI is InChI=1S/C14H21BrO15P2S/c1-14(2,3)26-31(16,17)24-10-8-22-27-29-28-23-9-11-25-32(18,19)30-33(20,21)13-6-4-12(15)5-7-13/h4-7,9,11H,8,10H2,1-3H3,(H,16,17)(H,18,19)/p-2/b11-9+. The van der Waals surface area contributed by atoms with Crippen molar-refractivity contribution in [1.82, 2.24) is 0 Å². The number of hydrogen-bond donors (Lipinski definition) is 0. The average molecular weight is 601 g/mol. The first kappa shape index (κ1) is 30.1. The van der Waals surface area contributed by atoms with E-state index in [1.807, 2.05) is 0 Å². The molecule has 0 fully saturated rings. The van der Waals surface area contributed by atoms with E-state index in [0.717, 1.165) is 12.1 Å². The lowest BCUT2D eigenvalue weighted by molar-refractivity contribution is -0.700. The van der Waals surface area contributed by atoms with Crippen LogP contribution in [-0.2, 0) is 61.7 Å². The third-order valence-electron chi connectivity index (χ3n) is 2.54. The third kappa shape index (κ3) is 14.2. The van der Waals surface area contributed by atoms with Gasteiger partial charge in [-0.1, -0.05) is 15.9 Å². The molecule has 33 heavy (non-hydrogen) atoms. The zero-order valence-corrected chi connectivity index (χ0v) is 21.4. The molecule has 19 heteroatoms. The maximum Gasteiger partial charge on any atom is 0.334 e. The predicted octanol–water partition coefficient (Wildman–Crippen LogP) is 2.15. The maximum absolute atomic E-state index is 11.9. The second-order valence-corrected chi connectivity index (χ2v) is 11.7. The number of hydrogen-bond acceptors (Lipinski definition) is 15. The Balaban J connectivity index is 2.21. The molecule has 0 heterocycles. The van der Waals surface area contributed by atoms with Gasteiger partial charge in [-0.05, 0) is 50.1 Å². The van der Waals surface area contributed by atoms with Crippen LogP contribution in [0.5, 0.6) is 0 Å². The van der Waals surface area contributed by atoms with Crippen LogP contribution in [0, 0.1) is 0 Å². The van der Waals surface area contributed by atoms with Crippen molar-refractivity contribution in [2.24, 2.45) is 0 Å². The summed E-state index contributed by atoms with van der Waals surface area (Å²) in [5, 5.41) is 11.7. The Morgan fingerprint density at radius 1 is 0.970 bits per heavy atom. The molecule has 1 aromatic carbocycles. The second-order valence-electron chi connectivity index (χ2n) is 6.41. The van der Waals surface area contributed by atoms with Gasteiger partial charge in [0, 0.05) is 14.5 Å². The third-order valence-corrected chi connectivity index (χ3v) is 7.08. The second kappa shape index (κ2) is 13.3. The fraction of sp³-hybridized carbons (Fsp3) is 0.429. The molecule has 0 aliphatic rings. The van der Waals surface area contributed by atoms with Gasteiger partial charge in [0.05, 0.1) is 17.1 Å². The highest BCUT2D eigenvalue weighted by Crippen LogP contribution is 2.43. The van der Waals surface area contributed by atoms with Crippen LogP contribution < -0.4 is 9.79 Å². The molecule has 2 atom stereocenters. The fourth-order valence-corrected chi connectivity index (χ4v) is 4.95. The SMILES string of the molecule is CC(C)(C)OP(=O)([O-])OCCOOOOO/C=C/OP(=O)([O-])OS(=O)(=O)c1ccc(Br)cc1. The van der Waals surface area contributed by atoms with Gasteiger partial charge < -0.3 is 28.2 Å². The van der Waals surface area contributed by atoms with Crippen LogP contribution in [0.15, 0.2) is 46.2 Å². The maximum atomic E-state index is 11.9. The smallest absolute Gasteiger partial charge is 0.334 e. The summed E-state index contributed by atoms with van der Waals surface area (Å²) < 4.78 is 64.6. The lowest BCUT2D eigenvalue weighted by atomic mass is 10.2. The minimum atomic E-state index is -5.33. The van der Waals surface area contributed by atoms with Gasteiger partial charge in [-0.2, -0.15) is 12.4 Å². The molecule has 0 saturated heterocycles. The molecule has 0 saturated carbocycles. The summed E-state index contributed by atoms with van der Waals surface area (Å²) in [5.41, 5.74) is -0.972. The number of rotatable bonds is 15. The molecule has 0 aromatic heterocycles. The van der Waals surface area contributed by atoms with Gasteiger partial charge in [0.25, 0.3) is 7.82 Å². The van der Waals surface area contributed by atoms with Crippen molar-refractivity contribution in [3.05, 3.63) is 41.3 Å². The van der Waals surface area contributed by atoms with Gasteiger partial charge in [0.1, 0.15) is 12.9 Å². The number of phosphoric ester groups is 2. The predicted molar refractivity (Wildman–Crippen MR) is 105 cm³/mol. The summed E-state index contributed by atoms with van der Waals surface area (Å²) in [5.74, 6) is 0. The van der Waals surface area contributed by atoms with E-state index in [2.05, 4.69) is 58.4 Å². The molecule has 1 aromatic rings. The molecule has 1 rings (SSSR count). The molecule has 0 spiro atoms. The lowest BCUT2D eigenvalue weighted by Gasteiger charge is -2.30. The first-order valence-electron chi connectivity index (χ1n) is 8.43. The Morgan fingerprint density at radius 2 is 1.61 bits per heavy atom. The monoisotopic (exact) mass is 600 g/mol. The highest BCUT2D eigenvalue weighted by atomic mass is 79.9. The summed E-state index contributed by atoms with van der Waals surface area (Å²) in [7, 11) is -14.5. The summed E-state index contributed by atoms with van der Waals surface area (Å²) in [6, 6.07) is 4.94. The van der Waals surface area contributed by atoms with Crippen LogP contribution in [0.25, 0.3) is 0 Å². The number of benzene rings is 1. The zero-order chi connectivity index (χ0) is 25.2. The van der Waals surface area contributed by atoms with Crippen LogP contribution in [0.2, 0.25) is 0 Å². The van der Waals surface area contributed by atoms with E-state index in [1.165, 1.54) is 32.9 Å². The molecule has 0 N–H and O–H groups in total. The molecular formula is C14H19BrO15P2S-2. The number of phosphoric acid groups is 2. The minimum Gasteiger partial charge on any atom is -0.756 e. The molecule has 0 aliphatic heterocycles. The van der Waals surface area contributed by atoms with E-state index >= 15 is 0 Å². The summed E-state index contributed by atoms with van der Waals surface area (Å²) in [6.07, 6.45) is 0.814. The van der Waals surface area contributed by atoms with Crippen molar-refractivity contribution in [3.63, 3.8) is 0 Å². The topological polar surface area (TPSA) is 197 Å². The molecule has 0 amide bonds. The fourth-order valence-electron chi connectivity index (χ4n) is 1.55.